The quantitative estimate of drug-likeness (QED) is 0.0423. The molecular weight excluding hydrogens is 1040 g/mol. The van der Waals surface area contributed by atoms with Gasteiger partial charge in [0, 0.05) is 13.5 Å². The van der Waals surface area contributed by atoms with Gasteiger partial charge in [0.15, 0.2) is 37.7 Å². The van der Waals surface area contributed by atoms with Crippen LogP contribution in [0.5, 0.6) is 0 Å². The molecule has 0 aromatic carbocycles. The molecule has 6 aliphatic rings. The van der Waals surface area contributed by atoms with E-state index in [9.17, 15) is 96.0 Å². The summed E-state index contributed by atoms with van der Waals surface area (Å²) in [6, 6.07) is -1.83. The Morgan fingerprint density at radius 1 is 0.421 bits per heavy atom. The van der Waals surface area contributed by atoms with Crippen LogP contribution in [0.25, 0.3) is 0 Å². The number of carbonyl (C=O) groups excluding carboxylic acids is 1. The summed E-state index contributed by atoms with van der Waals surface area (Å²) >= 11 is 0. The Labute approximate surface area is 432 Å². The van der Waals surface area contributed by atoms with E-state index >= 15 is 0 Å². The van der Waals surface area contributed by atoms with Gasteiger partial charge in [-0.25, -0.2) is 4.39 Å². The second-order valence-electron chi connectivity index (χ2n) is 19.2. The SMILES string of the molecule is CC(=O)NC1C(O[C@@H]2OC(CO)[C@H](O)C(O)C2O[C@@H]2OC(CF)[C@@H](O)C(O)C2O)[C@@H](O)C(CO)O[C@H]1OC1C(O)[C@@H](O[C@H]2C(CO)O[C@@H](O[C@@H]3C(CO)O[C@@H](OCCCCCN)C(O)C3O)C(O)C2O)OC(CO)[C@@H]1O. The van der Waals surface area contributed by atoms with E-state index in [-0.39, 0.29) is 6.61 Å². The summed E-state index contributed by atoms with van der Waals surface area (Å²) in [6.07, 6.45) is -53.7. The number of carbonyl (C=O) groups is 1. The maximum atomic E-state index is 13.8. The molecule has 76 heavy (non-hydrogen) atoms. The van der Waals surface area contributed by atoms with Crippen molar-refractivity contribution in [1.29, 1.82) is 0 Å². The maximum absolute atomic E-state index is 13.8. The van der Waals surface area contributed by atoms with Crippen LogP contribution in [0.4, 0.5) is 4.39 Å². The van der Waals surface area contributed by atoms with Crippen molar-refractivity contribution >= 4 is 5.91 Å². The van der Waals surface area contributed by atoms with E-state index in [2.05, 4.69) is 5.32 Å². The van der Waals surface area contributed by atoms with E-state index in [4.69, 9.17) is 62.6 Å². The minimum atomic E-state index is -2.24. The lowest BCUT2D eigenvalue weighted by Crippen LogP contribution is -2.70. The summed E-state index contributed by atoms with van der Waals surface area (Å²) in [6.45, 7) is -4.76. The predicted octanol–water partition coefficient (Wildman–Crippen LogP) is -11.8. The molecular formula is C43H75FN2O30. The summed E-state index contributed by atoms with van der Waals surface area (Å²) < 4.78 is 82.4. The lowest BCUT2D eigenvalue weighted by molar-refractivity contribution is -0.393. The molecule has 1 amide bonds. The van der Waals surface area contributed by atoms with E-state index in [0.29, 0.717) is 25.8 Å². The number of halogens is 1. The maximum Gasteiger partial charge on any atom is 0.217 e. The molecule has 6 fully saturated rings. The fraction of sp³-hybridized carbons (Fsp3) is 0.977. The number of hydrogen-bond donors (Lipinski definition) is 19. The fourth-order valence-electron chi connectivity index (χ4n) is 9.62. The first-order valence-electron chi connectivity index (χ1n) is 24.8. The third kappa shape index (κ3) is 14.1. The molecule has 20 N–H and O–H groups in total. The predicted molar refractivity (Wildman–Crippen MR) is 236 cm³/mol. The minimum absolute atomic E-state index is 0.104. The van der Waals surface area contributed by atoms with Gasteiger partial charge < -0.3 is 155 Å². The molecule has 0 aromatic heterocycles. The van der Waals surface area contributed by atoms with Crippen molar-refractivity contribution in [3.8, 4) is 0 Å². The molecule has 30 atom stereocenters. The lowest BCUT2D eigenvalue weighted by atomic mass is 9.94. The molecule has 6 saturated heterocycles. The Balaban J connectivity index is 1.20. The lowest BCUT2D eigenvalue weighted by Gasteiger charge is -2.51. The van der Waals surface area contributed by atoms with E-state index < -0.39 is 230 Å². The number of hydrogen-bond acceptors (Lipinski definition) is 31. The monoisotopic (exact) mass is 1120 g/mol. The summed E-state index contributed by atoms with van der Waals surface area (Å²) in [5.74, 6) is -0.892. The number of aliphatic hydroxyl groups is 17. The number of aliphatic hydroxyl groups excluding tert-OH is 17. The van der Waals surface area contributed by atoms with Crippen molar-refractivity contribution in [1.82, 2.24) is 5.32 Å². The van der Waals surface area contributed by atoms with Gasteiger partial charge in [-0.2, -0.15) is 0 Å². The standard InChI is InChI=1S/C43H75FN2O30/c1-13(52)46-20-35(74-43-37(26(58)22(54)15(8-47)69-43)76-40-29(61)25(57)21(53)14(7-44)66-40)23(55)16(9-48)67-38(20)75-36-24(56)17(10-49)68-42(32(36)64)73-34-19(12-51)71-41(31(63)28(34)60)72-33-18(11-50)70-39(30(62)27(33)59)65-6-4-2-3-5-45/h14-43,47-51,53-64H,2-12,45H2,1H3,(H,46,52)/t14?,15?,16?,17?,18?,19?,20?,21-,22+,23+,24+,25?,26?,27?,28?,29?,30?,31?,32?,33-,34+,35?,36?,37?,38+,39-,40+,41+,42-,43+/m1/s1. The number of nitrogens with two attached hydrogens (primary N) is 1. The molecule has 0 bridgehead atoms. The third-order valence-electron chi connectivity index (χ3n) is 13.9. The van der Waals surface area contributed by atoms with Crippen molar-refractivity contribution in [2.24, 2.45) is 5.73 Å². The van der Waals surface area contributed by atoms with Crippen LogP contribution in [0.3, 0.4) is 0 Å². The first kappa shape index (κ1) is 63.4. The molecule has 6 rings (SSSR count). The molecule has 0 spiro atoms. The van der Waals surface area contributed by atoms with E-state index in [1.807, 2.05) is 0 Å². The van der Waals surface area contributed by atoms with Crippen LogP contribution in [0, 0.1) is 0 Å². The van der Waals surface area contributed by atoms with Crippen molar-refractivity contribution < 1.29 is 153 Å². The van der Waals surface area contributed by atoms with Gasteiger partial charge in [-0.3, -0.25) is 4.79 Å². The van der Waals surface area contributed by atoms with Crippen LogP contribution in [0.15, 0.2) is 0 Å². The van der Waals surface area contributed by atoms with Gasteiger partial charge in [-0.1, -0.05) is 0 Å². The topological polar surface area (TPSA) is 510 Å². The number of unbranched alkanes of at least 4 members (excludes halogenated alkanes) is 2. The zero-order valence-electron chi connectivity index (χ0n) is 41.0. The Morgan fingerprint density at radius 2 is 0.816 bits per heavy atom. The van der Waals surface area contributed by atoms with Gasteiger partial charge in [0.1, 0.15) is 153 Å². The Kier molecular flexibility index (Phi) is 24.0. The summed E-state index contributed by atoms with van der Waals surface area (Å²) in [5.41, 5.74) is 5.50. The molecule has 32 nitrogen and oxygen atoms in total. The Hall–Kier alpha value is -1.80. The normalized spacial score (nSPS) is 48.4. The number of alkyl halides is 1. The Morgan fingerprint density at radius 3 is 1.36 bits per heavy atom. The molecule has 0 saturated carbocycles. The smallest absolute Gasteiger partial charge is 0.217 e. The van der Waals surface area contributed by atoms with Gasteiger partial charge in [0.25, 0.3) is 0 Å². The highest BCUT2D eigenvalue weighted by Gasteiger charge is 2.58. The zero-order valence-corrected chi connectivity index (χ0v) is 41.0. The second kappa shape index (κ2) is 28.8. The summed E-state index contributed by atoms with van der Waals surface area (Å²) in [4.78, 5) is 12.8. The molecule has 6 aliphatic heterocycles. The largest absolute Gasteiger partial charge is 0.394 e. The number of rotatable bonds is 23. The van der Waals surface area contributed by atoms with Crippen LogP contribution in [-0.2, 0) is 61.6 Å². The summed E-state index contributed by atoms with van der Waals surface area (Å²) in [5, 5.41) is 186. The summed E-state index contributed by atoms with van der Waals surface area (Å²) in [7, 11) is 0. The van der Waals surface area contributed by atoms with Gasteiger partial charge in [-0.05, 0) is 25.8 Å². The second-order valence-corrected chi connectivity index (χ2v) is 19.2. The van der Waals surface area contributed by atoms with Gasteiger partial charge in [0.05, 0.1) is 33.0 Å². The highest BCUT2D eigenvalue weighted by molar-refractivity contribution is 5.73. The van der Waals surface area contributed by atoms with Crippen LogP contribution >= 0.6 is 0 Å². The average Bonchev–Trinajstić information content (AvgIpc) is 3.40. The number of ether oxygens (including phenoxy) is 12. The van der Waals surface area contributed by atoms with Crippen LogP contribution < -0.4 is 11.1 Å². The third-order valence-corrected chi connectivity index (χ3v) is 13.9. The van der Waals surface area contributed by atoms with E-state index in [0.717, 1.165) is 6.92 Å². The first-order chi connectivity index (χ1) is 36.2. The zero-order chi connectivity index (χ0) is 55.9. The molecule has 444 valence electrons. The Bertz CT molecular complexity index is 1740. The number of nitrogens with one attached hydrogen (secondary N) is 1. The fourth-order valence-corrected chi connectivity index (χ4v) is 9.62. The van der Waals surface area contributed by atoms with E-state index in [1.165, 1.54) is 0 Å². The first-order valence-corrected chi connectivity index (χ1v) is 24.8. The van der Waals surface area contributed by atoms with E-state index in [1.54, 1.807) is 0 Å². The van der Waals surface area contributed by atoms with Crippen LogP contribution in [0.2, 0.25) is 0 Å². The van der Waals surface area contributed by atoms with Gasteiger partial charge >= 0.3 is 0 Å². The average molecular weight is 1120 g/mol. The molecule has 18 unspecified atom stereocenters. The van der Waals surface area contributed by atoms with Gasteiger partial charge in [0.2, 0.25) is 5.91 Å². The van der Waals surface area contributed by atoms with Crippen molar-refractivity contribution in [2.75, 3.05) is 52.9 Å². The molecule has 0 radical (unpaired) electrons. The van der Waals surface area contributed by atoms with Crippen molar-refractivity contribution in [2.45, 2.75) is 210 Å². The highest BCUT2D eigenvalue weighted by Crippen LogP contribution is 2.37. The highest BCUT2D eigenvalue weighted by atomic mass is 19.1. The van der Waals surface area contributed by atoms with Crippen molar-refractivity contribution in [3.05, 3.63) is 0 Å². The molecule has 0 aromatic rings. The van der Waals surface area contributed by atoms with Crippen LogP contribution in [0.1, 0.15) is 26.2 Å². The molecule has 0 aliphatic carbocycles. The van der Waals surface area contributed by atoms with Gasteiger partial charge in [-0.15, -0.1) is 0 Å². The molecule has 6 heterocycles. The molecule has 33 heteroatoms. The van der Waals surface area contributed by atoms with Crippen LogP contribution in [-0.4, -0.2) is 330 Å². The van der Waals surface area contributed by atoms with Crippen molar-refractivity contribution in [3.63, 3.8) is 0 Å². The minimum Gasteiger partial charge on any atom is -0.394 e. The number of amides is 1.